The van der Waals surface area contributed by atoms with Crippen LogP contribution in [-0.4, -0.2) is 16.7 Å². The predicted molar refractivity (Wildman–Crippen MR) is 87.0 cm³/mol. The van der Waals surface area contributed by atoms with Gasteiger partial charge in [0.15, 0.2) is 10.8 Å². The number of nitrogens with one attached hydrogen (secondary N) is 1. The summed E-state index contributed by atoms with van der Waals surface area (Å²) >= 11 is 0. The topological polar surface area (TPSA) is 121 Å². The molecule has 1 aromatic rings. The average Bonchev–Trinajstić information content (AvgIpc) is 2.88. The van der Waals surface area contributed by atoms with Gasteiger partial charge in [0, 0.05) is 18.3 Å². The zero-order valence-electron chi connectivity index (χ0n) is 13.9. The highest BCUT2D eigenvalue weighted by molar-refractivity contribution is 5.92. The van der Waals surface area contributed by atoms with E-state index in [0.717, 1.165) is 0 Å². The minimum Gasteiger partial charge on any atom is -0.371 e. The van der Waals surface area contributed by atoms with E-state index >= 15 is 0 Å². The number of hydrogen-bond acceptors (Lipinski definition) is 5. The van der Waals surface area contributed by atoms with Gasteiger partial charge >= 0.3 is 0 Å². The first-order valence-electron chi connectivity index (χ1n) is 8.28. The van der Waals surface area contributed by atoms with E-state index in [1.807, 2.05) is 31.2 Å². The smallest absolute Gasteiger partial charge is 0.245 e. The van der Waals surface area contributed by atoms with Crippen LogP contribution in [0.1, 0.15) is 37.7 Å². The first-order chi connectivity index (χ1) is 11.9. The number of aliphatic hydroxyl groups is 1. The zero-order chi connectivity index (χ0) is 18.3. The number of hydrogen-bond donors (Lipinski definition) is 2. The molecule has 126 valence electrons. The van der Waals surface area contributed by atoms with E-state index in [0.29, 0.717) is 18.4 Å². The SMILES string of the molecule is CCC[C@@H]1[C@@H](c2ccccc2)C(C#N)(C#N)[C@@]2(C#N)C[C@@]1(O)NC2=O. The van der Waals surface area contributed by atoms with E-state index in [1.54, 1.807) is 24.3 Å². The molecule has 2 aliphatic rings. The molecular weight excluding hydrogens is 316 g/mol. The molecule has 1 aliphatic carbocycles. The van der Waals surface area contributed by atoms with E-state index in [-0.39, 0.29) is 6.42 Å². The molecule has 6 heteroatoms. The fraction of sp³-hybridized carbons (Fsp3) is 0.474. The molecule has 0 spiro atoms. The van der Waals surface area contributed by atoms with Gasteiger partial charge in [-0.3, -0.25) is 4.79 Å². The van der Waals surface area contributed by atoms with Crippen LogP contribution in [0.5, 0.6) is 0 Å². The summed E-state index contributed by atoms with van der Waals surface area (Å²) in [4.78, 5) is 12.7. The van der Waals surface area contributed by atoms with Gasteiger partial charge in [0.2, 0.25) is 5.91 Å². The summed E-state index contributed by atoms with van der Waals surface area (Å²) in [7, 11) is 0. The van der Waals surface area contributed by atoms with Crippen molar-refractivity contribution in [2.45, 2.75) is 37.8 Å². The molecule has 4 atom stereocenters. The molecule has 1 saturated carbocycles. The maximum Gasteiger partial charge on any atom is 0.245 e. The first kappa shape index (κ1) is 17.0. The van der Waals surface area contributed by atoms with Crippen molar-refractivity contribution in [3.63, 3.8) is 0 Å². The van der Waals surface area contributed by atoms with Crippen LogP contribution < -0.4 is 5.32 Å². The summed E-state index contributed by atoms with van der Waals surface area (Å²) < 4.78 is 0. The Labute approximate surface area is 146 Å². The lowest BCUT2D eigenvalue weighted by Gasteiger charge is -2.49. The summed E-state index contributed by atoms with van der Waals surface area (Å²) in [5, 5.41) is 43.5. The third-order valence-electron chi connectivity index (χ3n) is 5.71. The molecule has 2 N–H and O–H groups in total. The van der Waals surface area contributed by atoms with Crippen molar-refractivity contribution in [3.8, 4) is 18.2 Å². The van der Waals surface area contributed by atoms with Crippen LogP contribution >= 0.6 is 0 Å². The van der Waals surface area contributed by atoms with Crippen molar-refractivity contribution in [1.82, 2.24) is 5.32 Å². The summed E-state index contributed by atoms with van der Waals surface area (Å²) in [6.07, 6.45) is 0.978. The lowest BCUT2D eigenvalue weighted by molar-refractivity contribution is -0.128. The molecule has 1 heterocycles. The number of rotatable bonds is 3. The van der Waals surface area contributed by atoms with E-state index in [1.165, 1.54) is 0 Å². The van der Waals surface area contributed by atoms with Crippen LogP contribution in [0.15, 0.2) is 30.3 Å². The van der Waals surface area contributed by atoms with E-state index < -0.39 is 34.3 Å². The van der Waals surface area contributed by atoms with Gasteiger partial charge in [0.1, 0.15) is 5.72 Å². The number of nitrogens with zero attached hydrogens (tertiary/aromatic N) is 3. The molecule has 0 unspecified atom stereocenters. The van der Waals surface area contributed by atoms with Crippen LogP contribution in [0.2, 0.25) is 0 Å². The number of carbonyl (C=O) groups is 1. The van der Waals surface area contributed by atoms with Gasteiger partial charge in [-0.25, -0.2) is 0 Å². The Hall–Kier alpha value is -2.88. The molecule has 1 amide bonds. The molecular formula is C19H18N4O2. The largest absolute Gasteiger partial charge is 0.371 e. The second kappa shape index (κ2) is 5.59. The Bertz CT molecular complexity index is 818. The van der Waals surface area contributed by atoms with Crippen LogP contribution in [0.25, 0.3) is 0 Å². The van der Waals surface area contributed by atoms with Gasteiger partial charge in [-0.2, -0.15) is 15.8 Å². The van der Waals surface area contributed by atoms with Gasteiger partial charge in [0.05, 0.1) is 18.2 Å². The summed E-state index contributed by atoms with van der Waals surface area (Å²) in [6, 6.07) is 14.9. The van der Waals surface area contributed by atoms with E-state index in [9.17, 15) is 25.7 Å². The highest BCUT2D eigenvalue weighted by Crippen LogP contribution is 2.65. The van der Waals surface area contributed by atoms with Crippen LogP contribution in [0.4, 0.5) is 0 Å². The fourth-order valence-corrected chi connectivity index (χ4v) is 4.61. The molecule has 2 fully saturated rings. The third-order valence-corrected chi connectivity index (χ3v) is 5.71. The fourth-order valence-electron chi connectivity index (χ4n) is 4.61. The standard InChI is InChI=1S/C19H18N4O2/c1-2-6-14-15(13-7-4-3-5-8-13)18(11-21,12-22)17(10-20)9-19(14,25)23-16(17)24/h3-5,7-8,14-15,25H,2,6,9H2,1H3,(H,23,24)/t14-,15-,17-,19+/m1/s1. The van der Waals surface area contributed by atoms with Crippen LogP contribution in [0, 0.1) is 50.7 Å². The predicted octanol–water partition coefficient (Wildman–Crippen LogP) is 1.95. The van der Waals surface area contributed by atoms with Gasteiger partial charge in [-0.05, 0) is 12.0 Å². The van der Waals surface area contributed by atoms with Gasteiger partial charge in [0.25, 0.3) is 0 Å². The van der Waals surface area contributed by atoms with E-state index in [4.69, 9.17) is 0 Å². The Morgan fingerprint density at radius 2 is 1.84 bits per heavy atom. The molecule has 1 aromatic carbocycles. The van der Waals surface area contributed by atoms with Gasteiger partial charge in [-0.1, -0.05) is 43.7 Å². The van der Waals surface area contributed by atoms with Crippen LogP contribution in [-0.2, 0) is 4.79 Å². The highest BCUT2D eigenvalue weighted by Gasteiger charge is 2.76. The van der Waals surface area contributed by atoms with Crippen molar-refractivity contribution in [3.05, 3.63) is 35.9 Å². The molecule has 1 saturated heterocycles. The highest BCUT2D eigenvalue weighted by atomic mass is 16.3. The third kappa shape index (κ3) is 1.94. The molecule has 1 aliphatic heterocycles. The monoisotopic (exact) mass is 334 g/mol. The van der Waals surface area contributed by atoms with Crippen LogP contribution in [0.3, 0.4) is 0 Å². The summed E-state index contributed by atoms with van der Waals surface area (Å²) in [6.45, 7) is 1.94. The zero-order valence-corrected chi connectivity index (χ0v) is 13.9. The maximum atomic E-state index is 12.7. The number of amides is 1. The Balaban J connectivity index is 2.35. The molecule has 3 rings (SSSR count). The van der Waals surface area contributed by atoms with Gasteiger partial charge < -0.3 is 10.4 Å². The number of fused-ring (bicyclic) bond motifs is 2. The second-order valence-corrected chi connectivity index (χ2v) is 6.89. The number of benzene rings is 1. The number of carbonyl (C=O) groups excluding carboxylic acids is 1. The second-order valence-electron chi connectivity index (χ2n) is 6.89. The van der Waals surface area contributed by atoms with Crippen molar-refractivity contribution in [1.29, 1.82) is 15.8 Å². The molecule has 2 bridgehead atoms. The van der Waals surface area contributed by atoms with Crippen molar-refractivity contribution >= 4 is 5.91 Å². The summed E-state index contributed by atoms with van der Waals surface area (Å²) in [5.41, 5.74) is -4.68. The van der Waals surface area contributed by atoms with Crippen molar-refractivity contribution in [2.75, 3.05) is 0 Å². The van der Waals surface area contributed by atoms with Crippen molar-refractivity contribution in [2.24, 2.45) is 16.7 Å². The molecule has 0 radical (unpaired) electrons. The number of nitriles is 3. The molecule has 0 aromatic heterocycles. The maximum absolute atomic E-state index is 12.7. The summed E-state index contributed by atoms with van der Waals surface area (Å²) in [5.74, 6) is -2.02. The van der Waals surface area contributed by atoms with Crippen molar-refractivity contribution < 1.29 is 9.90 Å². The molecule has 6 nitrogen and oxygen atoms in total. The minimum atomic E-state index is -1.89. The quantitative estimate of drug-likeness (QED) is 0.875. The first-order valence-corrected chi connectivity index (χ1v) is 8.28. The minimum absolute atomic E-state index is 0.246. The molecule has 25 heavy (non-hydrogen) atoms. The average molecular weight is 334 g/mol. The lowest BCUT2D eigenvalue weighted by atomic mass is 9.48. The Morgan fingerprint density at radius 1 is 1.20 bits per heavy atom. The lowest BCUT2D eigenvalue weighted by Crippen LogP contribution is -2.57. The normalized spacial score (nSPS) is 35.1. The Morgan fingerprint density at radius 3 is 2.36 bits per heavy atom. The van der Waals surface area contributed by atoms with Gasteiger partial charge in [-0.15, -0.1) is 0 Å². The Kier molecular flexibility index (Phi) is 3.79. The van der Waals surface area contributed by atoms with E-state index in [2.05, 4.69) is 5.32 Å².